The van der Waals surface area contributed by atoms with Gasteiger partial charge in [-0.3, -0.25) is 9.89 Å². The first kappa shape index (κ1) is 13.6. The second kappa shape index (κ2) is 5.93. The van der Waals surface area contributed by atoms with Gasteiger partial charge >= 0.3 is 0 Å². The van der Waals surface area contributed by atoms with Crippen molar-refractivity contribution < 1.29 is 4.79 Å². The van der Waals surface area contributed by atoms with E-state index in [1.165, 1.54) is 0 Å². The fourth-order valence-electron chi connectivity index (χ4n) is 2.12. The molecular weight excluding hydrogens is 282 g/mol. The summed E-state index contributed by atoms with van der Waals surface area (Å²) in [7, 11) is 1.79. The number of thiophene rings is 1. The van der Waals surface area contributed by atoms with Gasteiger partial charge in [-0.15, -0.1) is 0 Å². The summed E-state index contributed by atoms with van der Waals surface area (Å²) >= 11 is 1.63. The van der Waals surface area contributed by atoms with Crippen LogP contribution in [0.15, 0.2) is 53.2 Å². The summed E-state index contributed by atoms with van der Waals surface area (Å²) in [6.45, 7) is 0.599. The first-order valence-electron chi connectivity index (χ1n) is 6.61. The van der Waals surface area contributed by atoms with Gasteiger partial charge in [0, 0.05) is 19.2 Å². The quantitative estimate of drug-likeness (QED) is 0.802. The van der Waals surface area contributed by atoms with Crippen molar-refractivity contribution in [3.63, 3.8) is 0 Å². The smallest absolute Gasteiger partial charge is 0.271 e. The molecule has 0 spiro atoms. The van der Waals surface area contributed by atoms with E-state index in [0.29, 0.717) is 12.2 Å². The summed E-state index contributed by atoms with van der Waals surface area (Å²) in [4.78, 5) is 14.1. The second-order valence-corrected chi connectivity index (χ2v) is 5.61. The Kier molecular flexibility index (Phi) is 3.83. The third-order valence-electron chi connectivity index (χ3n) is 3.22. The van der Waals surface area contributed by atoms with E-state index in [-0.39, 0.29) is 5.91 Å². The first-order valence-corrected chi connectivity index (χ1v) is 7.55. The molecule has 0 saturated carbocycles. The molecule has 0 unspecified atom stereocenters. The predicted octanol–water partition coefficient (Wildman–Crippen LogP) is 3.41. The Hall–Kier alpha value is -2.40. The number of aromatic nitrogens is 2. The topological polar surface area (TPSA) is 49.0 Å². The molecule has 3 aromatic rings. The minimum Gasteiger partial charge on any atom is -0.336 e. The van der Waals surface area contributed by atoms with Gasteiger partial charge < -0.3 is 4.90 Å². The number of benzene rings is 1. The summed E-state index contributed by atoms with van der Waals surface area (Å²) in [5.74, 6) is -0.0594. The number of amides is 1. The van der Waals surface area contributed by atoms with E-state index in [1.54, 1.807) is 29.4 Å². The highest BCUT2D eigenvalue weighted by atomic mass is 32.1. The lowest BCUT2D eigenvalue weighted by atomic mass is 10.1. The highest BCUT2D eigenvalue weighted by Crippen LogP contribution is 2.18. The standard InChI is InChI=1S/C16H15N3OS/c1-19(10-12-7-8-21-11-12)16(20)15-9-14(17-18-15)13-5-3-2-4-6-13/h2-9,11H,10H2,1H3,(H,17,18). The van der Waals surface area contributed by atoms with E-state index in [2.05, 4.69) is 10.2 Å². The van der Waals surface area contributed by atoms with Gasteiger partial charge in [0.25, 0.3) is 5.91 Å². The summed E-state index contributed by atoms with van der Waals surface area (Å²) < 4.78 is 0. The molecular formula is C16H15N3OS. The van der Waals surface area contributed by atoms with Crippen LogP contribution in [0.25, 0.3) is 11.3 Å². The van der Waals surface area contributed by atoms with Gasteiger partial charge in [-0.05, 0) is 28.5 Å². The molecule has 106 valence electrons. The predicted molar refractivity (Wildman–Crippen MR) is 84.1 cm³/mol. The van der Waals surface area contributed by atoms with Crippen LogP contribution in [0.1, 0.15) is 16.1 Å². The number of hydrogen-bond donors (Lipinski definition) is 1. The highest BCUT2D eigenvalue weighted by Gasteiger charge is 2.15. The van der Waals surface area contributed by atoms with Gasteiger partial charge in [-0.25, -0.2) is 0 Å². The SMILES string of the molecule is CN(Cc1ccsc1)C(=O)c1cc(-c2ccccc2)n[nH]1. The van der Waals surface area contributed by atoms with Crippen LogP contribution in [-0.2, 0) is 6.54 Å². The van der Waals surface area contributed by atoms with E-state index < -0.39 is 0 Å². The molecule has 3 rings (SSSR count). The third-order valence-corrected chi connectivity index (χ3v) is 3.96. The van der Waals surface area contributed by atoms with E-state index in [4.69, 9.17) is 0 Å². The van der Waals surface area contributed by atoms with Gasteiger partial charge in [0.05, 0.1) is 5.69 Å². The van der Waals surface area contributed by atoms with Crippen molar-refractivity contribution in [3.05, 3.63) is 64.5 Å². The molecule has 0 bridgehead atoms. The fourth-order valence-corrected chi connectivity index (χ4v) is 2.78. The molecule has 0 atom stereocenters. The van der Waals surface area contributed by atoms with Gasteiger partial charge in [0.15, 0.2) is 0 Å². The summed E-state index contributed by atoms with van der Waals surface area (Å²) in [5.41, 5.74) is 3.42. The van der Waals surface area contributed by atoms with E-state index in [0.717, 1.165) is 16.8 Å². The Morgan fingerprint density at radius 1 is 1.29 bits per heavy atom. The number of nitrogens with zero attached hydrogens (tertiary/aromatic N) is 2. The zero-order valence-corrected chi connectivity index (χ0v) is 12.4. The molecule has 0 aliphatic heterocycles. The molecule has 0 fully saturated rings. The molecule has 0 saturated heterocycles. The zero-order valence-electron chi connectivity index (χ0n) is 11.6. The minimum absolute atomic E-state index is 0.0594. The number of aromatic amines is 1. The van der Waals surface area contributed by atoms with Crippen LogP contribution >= 0.6 is 11.3 Å². The van der Waals surface area contributed by atoms with Crippen molar-refractivity contribution in [2.24, 2.45) is 0 Å². The Labute approximate surface area is 127 Å². The van der Waals surface area contributed by atoms with E-state index in [1.807, 2.05) is 47.2 Å². The number of carbonyl (C=O) groups is 1. The van der Waals surface area contributed by atoms with Crippen LogP contribution < -0.4 is 0 Å². The van der Waals surface area contributed by atoms with Crippen LogP contribution in [0.3, 0.4) is 0 Å². The molecule has 2 aromatic heterocycles. The average Bonchev–Trinajstić information content (AvgIpc) is 3.18. The zero-order chi connectivity index (χ0) is 14.7. The van der Waals surface area contributed by atoms with Crippen LogP contribution in [0.2, 0.25) is 0 Å². The number of nitrogens with one attached hydrogen (secondary N) is 1. The fraction of sp³-hybridized carbons (Fsp3) is 0.125. The minimum atomic E-state index is -0.0594. The average molecular weight is 297 g/mol. The number of H-pyrrole nitrogens is 1. The molecule has 0 radical (unpaired) electrons. The molecule has 1 amide bonds. The lowest BCUT2D eigenvalue weighted by Crippen LogP contribution is -2.26. The molecule has 4 nitrogen and oxygen atoms in total. The van der Waals surface area contributed by atoms with Gasteiger partial charge in [-0.1, -0.05) is 30.3 Å². The summed E-state index contributed by atoms with van der Waals surface area (Å²) in [6, 6.07) is 13.6. The van der Waals surface area contributed by atoms with Crippen LogP contribution in [0.4, 0.5) is 0 Å². The molecule has 0 aliphatic rings. The third kappa shape index (κ3) is 3.03. The maximum absolute atomic E-state index is 12.4. The van der Waals surface area contributed by atoms with Gasteiger partial charge in [0.2, 0.25) is 0 Å². The maximum atomic E-state index is 12.4. The van der Waals surface area contributed by atoms with E-state index in [9.17, 15) is 4.79 Å². The Morgan fingerprint density at radius 2 is 2.10 bits per heavy atom. The normalized spacial score (nSPS) is 10.5. The van der Waals surface area contributed by atoms with Crippen molar-refractivity contribution in [2.75, 3.05) is 7.05 Å². The first-order chi connectivity index (χ1) is 10.2. The Bertz CT molecular complexity index is 719. The van der Waals surface area contributed by atoms with Gasteiger partial charge in [0.1, 0.15) is 5.69 Å². The van der Waals surface area contributed by atoms with Crippen molar-refractivity contribution in [2.45, 2.75) is 6.54 Å². The molecule has 1 aromatic carbocycles. The Balaban J connectivity index is 1.75. The molecule has 5 heteroatoms. The lowest BCUT2D eigenvalue weighted by molar-refractivity contribution is 0.0779. The molecule has 0 aliphatic carbocycles. The van der Waals surface area contributed by atoms with E-state index >= 15 is 0 Å². The highest BCUT2D eigenvalue weighted by molar-refractivity contribution is 7.07. The van der Waals surface area contributed by atoms with Crippen LogP contribution in [0, 0.1) is 0 Å². The number of rotatable bonds is 4. The monoisotopic (exact) mass is 297 g/mol. The molecule has 21 heavy (non-hydrogen) atoms. The van der Waals surface area contributed by atoms with Crippen LogP contribution in [-0.4, -0.2) is 28.1 Å². The summed E-state index contributed by atoms with van der Waals surface area (Å²) in [6.07, 6.45) is 0. The second-order valence-electron chi connectivity index (χ2n) is 4.83. The number of hydrogen-bond acceptors (Lipinski definition) is 3. The van der Waals surface area contributed by atoms with Crippen molar-refractivity contribution >= 4 is 17.2 Å². The molecule has 1 N–H and O–H groups in total. The number of carbonyl (C=O) groups excluding carboxylic acids is 1. The largest absolute Gasteiger partial charge is 0.336 e. The summed E-state index contributed by atoms with van der Waals surface area (Å²) in [5, 5.41) is 11.1. The lowest BCUT2D eigenvalue weighted by Gasteiger charge is -2.14. The van der Waals surface area contributed by atoms with Crippen molar-refractivity contribution in [3.8, 4) is 11.3 Å². The van der Waals surface area contributed by atoms with Crippen LogP contribution in [0.5, 0.6) is 0 Å². The maximum Gasteiger partial charge on any atom is 0.271 e. The van der Waals surface area contributed by atoms with Crippen molar-refractivity contribution in [1.29, 1.82) is 0 Å². The van der Waals surface area contributed by atoms with Crippen molar-refractivity contribution in [1.82, 2.24) is 15.1 Å². The Morgan fingerprint density at radius 3 is 2.81 bits per heavy atom. The molecule has 2 heterocycles. The van der Waals surface area contributed by atoms with Gasteiger partial charge in [-0.2, -0.15) is 16.4 Å².